The Hall–Kier alpha value is -2.77. The third kappa shape index (κ3) is 4.34. The van der Waals surface area contributed by atoms with Gasteiger partial charge < -0.3 is 19.5 Å². The zero-order chi connectivity index (χ0) is 22.1. The number of fused-ring (bicyclic) bond motifs is 1. The highest BCUT2D eigenvalue weighted by atomic mass is 35.5. The lowest BCUT2D eigenvalue weighted by atomic mass is 9.99. The fourth-order valence-electron chi connectivity index (χ4n) is 3.73. The number of nitrogens with zero attached hydrogens (tertiary/aromatic N) is 1. The highest BCUT2D eigenvalue weighted by Crippen LogP contribution is 2.42. The lowest BCUT2D eigenvalue weighted by Gasteiger charge is -2.13. The third-order valence-electron chi connectivity index (χ3n) is 5.17. The van der Waals surface area contributed by atoms with E-state index in [2.05, 4.69) is 16.4 Å². The predicted molar refractivity (Wildman–Crippen MR) is 122 cm³/mol. The van der Waals surface area contributed by atoms with Gasteiger partial charge in [0, 0.05) is 17.5 Å². The van der Waals surface area contributed by atoms with E-state index in [0.717, 1.165) is 38.9 Å². The number of benzene rings is 2. The minimum absolute atomic E-state index is 0.129. The van der Waals surface area contributed by atoms with Crippen molar-refractivity contribution in [2.24, 2.45) is 0 Å². The summed E-state index contributed by atoms with van der Waals surface area (Å²) in [6.07, 6.45) is 0.462. The van der Waals surface area contributed by atoms with Crippen LogP contribution in [-0.4, -0.2) is 37.8 Å². The minimum Gasteiger partial charge on any atom is -0.497 e. The number of hydrogen-bond acceptors (Lipinski definition) is 6. The number of carbonyl (C=O) groups excluding carboxylic acids is 1. The Morgan fingerprint density at radius 2 is 2.06 bits per heavy atom. The molecule has 6 nitrogen and oxygen atoms in total. The second kappa shape index (κ2) is 8.77. The van der Waals surface area contributed by atoms with Gasteiger partial charge in [0.1, 0.15) is 28.2 Å². The number of thiazole rings is 1. The molecule has 1 atom stereocenters. The molecule has 2 aromatic carbocycles. The van der Waals surface area contributed by atoms with Crippen LogP contribution in [-0.2, 0) is 6.42 Å². The monoisotopic (exact) mass is 458 g/mol. The van der Waals surface area contributed by atoms with Crippen LogP contribution in [0.2, 0.25) is 5.02 Å². The molecule has 1 N–H and O–H groups in total. The normalized spacial score (nSPS) is 14.7. The van der Waals surface area contributed by atoms with Crippen LogP contribution >= 0.6 is 22.9 Å². The van der Waals surface area contributed by atoms with Gasteiger partial charge in [-0.05, 0) is 49.7 Å². The molecule has 0 saturated carbocycles. The maximum Gasteiger partial charge on any atom is 0.263 e. The maximum atomic E-state index is 12.5. The van der Waals surface area contributed by atoms with Gasteiger partial charge in [-0.25, -0.2) is 4.98 Å². The summed E-state index contributed by atoms with van der Waals surface area (Å²) in [5.41, 5.74) is 3.55. The van der Waals surface area contributed by atoms with Crippen molar-refractivity contribution in [3.05, 3.63) is 56.5 Å². The van der Waals surface area contributed by atoms with E-state index in [1.807, 2.05) is 38.1 Å². The number of nitrogens with one attached hydrogen (secondary N) is 1. The van der Waals surface area contributed by atoms with E-state index in [0.29, 0.717) is 28.6 Å². The van der Waals surface area contributed by atoms with Gasteiger partial charge >= 0.3 is 0 Å². The van der Waals surface area contributed by atoms with Crippen LogP contribution in [0.4, 0.5) is 0 Å². The van der Waals surface area contributed by atoms with Crippen molar-refractivity contribution >= 4 is 28.8 Å². The average Bonchev–Trinajstić information content (AvgIpc) is 3.33. The van der Waals surface area contributed by atoms with E-state index in [-0.39, 0.29) is 12.0 Å². The number of hydrogen-bond donors (Lipinski definition) is 1. The molecular weight excluding hydrogens is 436 g/mol. The van der Waals surface area contributed by atoms with Crippen molar-refractivity contribution in [3.63, 3.8) is 0 Å². The second-order valence-corrected chi connectivity index (χ2v) is 8.92. The molecule has 1 aliphatic heterocycles. The molecule has 3 aromatic rings. The van der Waals surface area contributed by atoms with Gasteiger partial charge in [-0.15, -0.1) is 11.3 Å². The summed E-state index contributed by atoms with van der Waals surface area (Å²) in [4.78, 5) is 17.4. The van der Waals surface area contributed by atoms with Gasteiger partial charge in [-0.2, -0.15) is 0 Å². The fraction of sp³-hybridized carbons (Fsp3) is 0.304. The molecular formula is C23H23ClN2O4S. The molecule has 0 aliphatic carbocycles. The third-order valence-corrected chi connectivity index (χ3v) is 6.52. The smallest absolute Gasteiger partial charge is 0.263 e. The van der Waals surface area contributed by atoms with Gasteiger partial charge in [0.05, 0.1) is 36.5 Å². The highest BCUT2D eigenvalue weighted by molar-refractivity contribution is 7.13. The van der Waals surface area contributed by atoms with Crippen LogP contribution in [0.15, 0.2) is 30.3 Å². The second-order valence-electron chi connectivity index (χ2n) is 7.31. The van der Waals surface area contributed by atoms with Crippen LogP contribution in [0.5, 0.6) is 17.2 Å². The van der Waals surface area contributed by atoms with E-state index in [1.54, 1.807) is 14.2 Å². The molecule has 2 heterocycles. The van der Waals surface area contributed by atoms with E-state index < -0.39 is 0 Å². The van der Waals surface area contributed by atoms with Gasteiger partial charge in [-0.3, -0.25) is 4.79 Å². The Balaban J connectivity index is 1.52. The molecule has 0 fully saturated rings. The van der Waals surface area contributed by atoms with Crippen LogP contribution in [0.25, 0.3) is 11.1 Å². The summed E-state index contributed by atoms with van der Waals surface area (Å²) in [6.45, 7) is 4.12. The standard InChI is InChI=1S/C23H23ClN2O4S/c1-12-22(31-13(2)26-12)23(27)25-11-17-8-15-7-14(9-19(24)21(15)30-17)18-10-16(28-3)5-6-20(18)29-4/h5-7,9-10,17H,8,11H2,1-4H3,(H,25,27). The number of carbonyl (C=O) groups is 1. The Labute approximate surface area is 190 Å². The number of aromatic nitrogens is 1. The molecule has 0 spiro atoms. The number of halogens is 1. The first kappa shape index (κ1) is 21.5. The lowest BCUT2D eigenvalue weighted by molar-refractivity contribution is 0.0937. The molecule has 1 aliphatic rings. The Kier molecular flexibility index (Phi) is 6.07. The highest BCUT2D eigenvalue weighted by Gasteiger charge is 2.27. The number of methoxy groups -OCH3 is 2. The van der Waals surface area contributed by atoms with Crippen molar-refractivity contribution in [1.82, 2.24) is 10.3 Å². The lowest BCUT2D eigenvalue weighted by Crippen LogP contribution is -2.34. The number of aryl methyl sites for hydroxylation is 2. The van der Waals surface area contributed by atoms with Gasteiger partial charge in [0.15, 0.2) is 0 Å². The molecule has 0 radical (unpaired) electrons. The van der Waals surface area contributed by atoms with Gasteiger partial charge in [0.2, 0.25) is 0 Å². The first-order valence-electron chi connectivity index (χ1n) is 9.83. The van der Waals surface area contributed by atoms with Crippen molar-refractivity contribution in [2.75, 3.05) is 20.8 Å². The maximum absolute atomic E-state index is 12.5. The summed E-state index contributed by atoms with van der Waals surface area (Å²) in [5.74, 6) is 2.00. The zero-order valence-corrected chi connectivity index (χ0v) is 19.3. The molecule has 8 heteroatoms. The number of rotatable bonds is 6. The molecule has 0 bridgehead atoms. The van der Waals surface area contributed by atoms with Crippen LogP contribution in [0.3, 0.4) is 0 Å². The summed E-state index contributed by atoms with van der Waals surface area (Å²) in [7, 11) is 3.26. The molecule has 4 rings (SSSR count). The summed E-state index contributed by atoms with van der Waals surface area (Å²) < 4.78 is 16.9. The summed E-state index contributed by atoms with van der Waals surface area (Å²) in [6, 6.07) is 9.56. The van der Waals surface area contributed by atoms with Gasteiger partial charge in [-0.1, -0.05) is 11.6 Å². The molecule has 1 amide bonds. The number of amides is 1. The molecule has 31 heavy (non-hydrogen) atoms. The molecule has 162 valence electrons. The summed E-state index contributed by atoms with van der Waals surface area (Å²) in [5, 5.41) is 4.36. The molecule has 1 unspecified atom stereocenters. The largest absolute Gasteiger partial charge is 0.497 e. The quantitative estimate of drug-likeness (QED) is 0.572. The first-order valence-corrected chi connectivity index (χ1v) is 11.0. The van der Waals surface area contributed by atoms with E-state index in [4.69, 9.17) is 25.8 Å². The van der Waals surface area contributed by atoms with Crippen LogP contribution < -0.4 is 19.5 Å². The topological polar surface area (TPSA) is 69.7 Å². The predicted octanol–water partition coefficient (Wildman–Crippen LogP) is 4.83. The van der Waals surface area contributed by atoms with E-state index in [1.165, 1.54) is 11.3 Å². The van der Waals surface area contributed by atoms with Crippen LogP contribution in [0.1, 0.15) is 25.9 Å². The SMILES string of the molecule is COc1ccc(OC)c(-c2cc(Cl)c3c(c2)CC(CNC(=O)c2sc(C)nc2C)O3)c1. The van der Waals surface area contributed by atoms with Gasteiger partial charge in [0.25, 0.3) is 5.91 Å². The fourth-order valence-corrected chi connectivity index (χ4v) is 4.85. The minimum atomic E-state index is -0.187. The van der Waals surface area contributed by atoms with E-state index in [9.17, 15) is 4.79 Å². The first-order chi connectivity index (χ1) is 14.9. The molecule has 1 aromatic heterocycles. The zero-order valence-electron chi connectivity index (χ0n) is 17.7. The Morgan fingerprint density at radius 3 is 2.74 bits per heavy atom. The van der Waals surface area contributed by atoms with Crippen molar-refractivity contribution in [1.29, 1.82) is 0 Å². The van der Waals surface area contributed by atoms with Crippen molar-refractivity contribution < 1.29 is 19.0 Å². The average molecular weight is 459 g/mol. The van der Waals surface area contributed by atoms with Crippen molar-refractivity contribution in [2.45, 2.75) is 26.4 Å². The van der Waals surface area contributed by atoms with Crippen LogP contribution in [0, 0.1) is 13.8 Å². The Morgan fingerprint density at radius 1 is 1.26 bits per heavy atom. The summed E-state index contributed by atoms with van der Waals surface area (Å²) >= 11 is 7.94. The molecule has 0 saturated heterocycles. The van der Waals surface area contributed by atoms with Crippen molar-refractivity contribution in [3.8, 4) is 28.4 Å². The Bertz CT molecular complexity index is 1140. The number of ether oxygens (including phenoxy) is 3. The van der Waals surface area contributed by atoms with E-state index >= 15 is 0 Å².